The summed E-state index contributed by atoms with van der Waals surface area (Å²) in [5.41, 5.74) is 8.38. The number of methoxy groups -OCH3 is 1. The number of benzene rings is 1. The van der Waals surface area contributed by atoms with Gasteiger partial charge in [-0.2, -0.15) is 0 Å². The lowest BCUT2D eigenvalue weighted by atomic mass is 9.73. The van der Waals surface area contributed by atoms with Crippen molar-refractivity contribution in [1.29, 1.82) is 0 Å². The molecule has 3 nitrogen and oxygen atoms in total. The first-order valence-corrected chi connectivity index (χ1v) is 7.41. The van der Waals surface area contributed by atoms with Crippen LogP contribution in [0.2, 0.25) is 0 Å². The Labute approximate surface area is 115 Å². The van der Waals surface area contributed by atoms with Gasteiger partial charge < -0.3 is 15.4 Å². The van der Waals surface area contributed by atoms with E-state index < -0.39 is 0 Å². The summed E-state index contributed by atoms with van der Waals surface area (Å²) in [5, 5.41) is 0. The maximum atomic E-state index is 5.82. The minimum Gasteiger partial charge on any atom is -0.495 e. The summed E-state index contributed by atoms with van der Waals surface area (Å²) in [4.78, 5) is 2.45. The molecule has 0 atom stereocenters. The highest BCUT2D eigenvalue weighted by atomic mass is 16.5. The fourth-order valence-corrected chi connectivity index (χ4v) is 3.68. The summed E-state index contributed by atoms with van der Waals surface area (Å²) in [6.45, 7) is 2.38. The van der Waals surface area contributed by atoms with Crippen molar-refractivity contribution in [1.82, 2.24) is 0 Å². The van der Waals surface area contributed by atoms with Crippen molar-refractivity contribution in [3.05, 3.63) is 18.2 Å². The predicted molar refractivity (Wildman–Crippen MR) is 79.8 cm³/mol. The third-order valence-electron chi connectivity index (χ3n) is 4.76. The molecule has 1 saturated carbocycles. The topological polar surface area (TPSA) is 38.5 Å². The molecule has 1 saturated heterocycles. The second-order valence-electron chi connectivity index (χ2n) is 6.20. The molecule has 0 radical (unpaired) electrons. The summed E-state index contributed by atoms with van der Waals surface area (Å²) < 4.78 is 5.46. The molecule has 19 heavy (non-hydrogen) atoms. The molecule has 0 amide bonds. The van der Waals surface area contributed by atoms with Gasteiger partial charge in [-0.25, -0.2) is 0 Å². The molecule has 1 spiro atoms. The van der Waals surface area contributed by atoms with Crippen LogP contribution in [0.5, 0.6) is 5.75 Å². The predicted octanol–water partition coefficient (Wildman–Crippen LogP) is 3.44. The van der Waals surface area contributed by atoms with Gasteiger partial charge in [-0.1, -0.05) is 25.7 Å². The van der Waals surface area contributed by atoms with Crippen molar-refractivity contribution in [3.63, 3.8) is 0 Å². The molecule has 2 aliphatic rings. The van der Waals surface area contributed by atoms with Gasteiger partial charge in [-0.05, 0) is 25.0 Å². The maximum absolute atomic E-state index is 5.82. The van der Waals surface area contributed by atoms with Crippen LogP contribution in [-0.4, -0.2) is 20.2 Å². The summed E-state index contributed by atoms with van der Waals surface area (Å²) in [7, 11) is 1.72. The number of hydrogen-bond acceptors (Lipinski definition) is 3. The molecule has 0 unspecified atom stereocenters. The van der Waals surface area contributed by atoms with Crippen LogP contribution in [0.1, 0.15) is 38.5 Å². The van der Waals surface area contributed by atoms with Crippen LogP contribution in [-0.2, 0) is 0 Å². The number of hydrogen-bond donors (Lipinski definition) is 1. The van der Waals surface area contributed by atoms with E-state index >= 15 is 0 Å². The Balaban J connectivity index is 1.73. The first kappa shape index (κ1) is 12.6. The average molecular weight is 260 g/mol. The number of nitrogens with zero attached hydrogens (tertiary/aromatic N) is 1. The Bertz CT molecular complexity index is 442. The molecule has 1 heterocycles. The Hall–Kier alpha value is -1.38. The first-order chi connectivity index (χ1) is 9.22. The van der Waals surface area contributed by atoms with Crippen LogP contribution in [0.4, 0.5) is 11.4 Å². The maximum Gasteiger partial charge on any atom is 0.144 e. The number of anilines is 2. The van der Waals surface area contributed by atoms with Crippen LogP contribution in [0, 0.1) is 5.41 Å². The standard InChI is InChI=1S/C16H24N2O/c1-19-15-10-13(17)6-7-14(15)18-11-16(12-18)8-4-2-3-5-9-16/h6-7,10H,2-5,8-9,11-12,17H2,1H3. The normalized spacial score (nSPS) is 21.8. The van der Waals surface area contributed by atoms with Crippen LogP contribution in [0.15, 0.2) is 18.2 Å². The van der Waals surface area contributed by atoms with Crippen molar-refractivity contribution in [3.8, 4) is 5.75 Å². The van der Waals surface area contributed by atoms with E-state index in [1.165, 1.54) is 57.3 Å². The quantitative estimate of drug-likeness (QED) is 0.828. The number of ether oxygens (including phenoxy) is 1. The van der Waals surface area contributed by atoms with Gasteiger partial charge in [0.15, 0.2) is 0 Å². The van der Waals surface area contributed by atoms with Gasteiger partial charge in [0, 0.05) is 30.3 Å². The van der Waals surface area contributed by atoms with Crippen molar-refractivity contribution >= 4 is 11.4 Å². The van der Waals surface area contributed by atoms with Gasteiger partial charge >= 0.3 is 0 Å². The third-order valence-corrected chi connectivity index (χ3v) is 4.76. The van der Waals surface area contributed by atoms with Crippen LogP contribution < -0.4 is 15.4 Å². The minimum absolute atomic E-state index is 0.586. The molecule has 2 fully saturated rings. The van der Waals surface area contributed by atoms with Crippen molar-refractivity contribution < 1.29 is 4.74 Å². The van der Waals surface area contributed by atoms with E-state index in [1.807, 2.05) is 12.1 Å². The zero-order valence-corrected chi connectivity index (χ0v) is 11.8. The van der Waals surface area contributed by atoms with Gasteiger partial charge in [0.1, 0.15) is 5.75 Å². The van der Waals surface area contributed by atoms with Gasteiger partial charge in [0.05, 0.1) is 12.8 Å². The van der Waals surface area contributed by atoms with Crippen molar-refractivity contribution in [2.45, 2.75) is 38.5 Å². The lowest BCUT2D eigenvalue weighted by Crippen LogP contribution is -2.56. The van der Waals surface area contributed by atoms with Crippen LogP contribution in [0.25, 0.3) is 0 Å². The molecular formula is C16H24N2O. The molecule has 1 aromatic carbocycles. The fraction of sp³-hybridized carbons (Fsp3) is 0.625. The highest BCUT2D eigenvalue weighted by molar-refractivity contribution is 5.65. The SMILES string of the molecule is COc1cc(N)ccc1N1CC2(CCCCCC2)C1. The lowest BCUT2D eigenvalue weighted by molar-refractivity contribution is 0.179. The van der Waals surface area contributed by atoms with E-state index in [9.17, 15) is 0 Å². The molecule has 1 aromatic rings. The van der Waals surface area contributed by atoms with Crippen molar-refractivity contribution in [2.24, 2.45) is 5.41 Å². The number of nitrogens with two attached hydrogens (primary N) is 1. The summed E-state index contributed by atoms with van der Waals surface area (Å²) in [6, 6.07) is 5.99. The van der Waals surface area contributed by atoms with E-state index in [1.54, 1.807) is 7.11 Å². The average Bonchev–Trinajstić information content (AvgIpc) is 2.63. The molecule has 1 aliphatic carbocycles. The first-order valence-electron chi connectivity index (χ1n) is 7.41. The van der Waals surface area contributed by atoms with Gasteiger partial charge in [0.25, 0.3) is 0 Å². The Morgan fingerprint density at radius 3 is 2.42 bits per heavy atom. The summed E-state index contributed by atoms with van der Waals surface area (Å²) >= 11 is 0. The second-order valence-corrected chi connectivity index (χ2v) is 6.20. The van der Waals surface area contributed by atoms with Crippen LogP contribution >= 0.6 is 0 Å². The van der Waals surface area contributed by atoms with E-state index in [0.29, 0.717) is 5.41 Å². The molecule has 0 aromatic heterocycles. The Morgan fingerprint density at radius 1 is 1.11 bits per heavy atom. The van der Waals surface area contributed by atoms with E-state index in [2.05, 4.69) is 11.0 Å². The fourth-order valence-electron chi connectivity index (χ4n) is 3.68. The lowest BCUT2D eigenvalue weighted by Gasteiger charge is -2.52. The highest BCUT2D eigenvalue weighted by Gasteiger charge is 2.43. The van der Waals surface area contributed by atoms with E-state index in [0.717, 1.165) is 11.4 Å². The zero-order valence-electron chi connectivity index (χ0n) is 11.8. The molecule has 104 valence electrons. The molecule has 0 bridgehead atoms. The zero-order chi connectivity index (χ0) is 13.3. The second kappa shape index (κ2) is 4.95. The van der Waals surface area contributed by atoms with Crippen molar-refractivity contribution in [2.75, 3.05) is 30.8 Å². The van der Waals surface area contributed by atoms with Gasteiger partial charge in [0.2, 0.25) is 0 Å². The Morgan fingerprint density at radius 2 is 1.79 bits per heavy atom. The third kappa shape index (κ3) is 2.38. The van der Waals surface area contributed by atoms with Gasteiger partial charge in [-0.15, -0.1) is 0 Å². The summed E-state index contributed by atoms with van der Waals surface area (Å²) in [6.07, 6.45) is 8.47. The largest absolute Gasteiger partial charge is 0.495 e. The molecule has 3 rings (SSSR count). The number of nitrogen functional groups attached to an aromatic ring is 1. The van der Waals surface area contributed by atoms with E-state index in [4.69, 9.17) is 10.5 Å². The molecular weight excluding hydrogens is 236 g/mol. The molecule has 3 heteroatoms. The smallest absolute Gasteiger partial charge is 0.144 e. The molecule has 1 aliphatic heterocycles. The van der Waals surface area contributed by atoms with Gasteiger partial charge in [-0.3, -0.25) is 0 Å². The molecule has 2 N–H and O–H groups in total. The van der Waals surface area contributed by atoms with E-state index in [-0.39, 0.29) is 0 Å². The Kier molecular flexibility index (Phi) is 3.29. The van der Waals surface area contributed by atoms with Crippen LogP contribution in [0.3, 0.4) is 0 Å². The highest BCUT2D eigenvalue weighted by Crippen LogP contribution is 2.46. The number of rotatable bonds is 2. The monoisotopic (exact) mass is 260 g/mol. The summed E-state index contributed by atoms with van der Waals surface area (Å²) in [5.74, 6) is 0.906. The minimum atomic E-state index is 0.586.